The number of carbonyl (C=O) groups excluding carboxylic acids is 1. The fourth-order valence-corrected chi connectivity index (χ4v) is 4.45. The Kier molecular flexibility index (Phi) is 6.63. The lowest BCUT2D eigenvalue weighted by Gasteiger charge is -2.33. The van der Waals surface area contributed by atoms with Gasteiger partial charge in [0.1, 0.15) is 0 Å². The van der Waals surface area contributed by atoms with E-state index in [4.69, 9.17) is 12.2 Å². The van der Waals surface area contributed by atoms with Crippen LogP contribution in [0.2, 0.25) is 0 Å². The van der Waals surface area contributed by atoms with Gasteiger partial charge in [-0.1, -0.05) is 30.7 Å². The van der Waals surface area contributed by atoms with E-state index < -0.39 is 0 Å². The summed E-state index contributed by atoms with van der Waals surface area (Å²) in [5.74, 6) is -0.0728. The third kappa shape index (κ3) is 4.94. The summed E-state index contributed by atoms with van der Waals surface area (Å²) in [6.07, 6.45) is 3.77. The number of hydrogen-bond donors (Lipinski definition) is 2. The molecule has 2 N–H and O–H groups in total. The van der Waals surface area contributed by atoms with Gasteiger partial charge in [0, 0.05) is 24.7 Å². The molecule has 0 spiro atoms. The molecular formula is C24H28N4O2S. The molecule has 0 unspecified atom stereocenters. The van der Waals surface area contributed by atoms with E-state index in [-0.39, 0.29) is 11.5 Å². The molecule has 7 heteroatoms. The molecule has 1 aliphatic heterocycles. The number of nitrogens with zero attached hydrogens (tertiary/aromatic N) is 2. The number of para-hydroxylation sites is 1. The number of rotatable bonds is 6. The highest BCUT2D eigenvalue weighted by molar-refractivity contribution is 7.71. The van der Waals surface area contributed by atoms with Crippen molar-refractivity contribution in [1.29, 1.82) is 0 Å². The Morgan fingerprint density at radius 1 is 1.16 bits per heavy atom. The largest absolute Gasteiger partial charge is 0.351 e. The minimum absolute atomic E-state index is 0.0728. The van der Waals surface area contributed by atoms with Gasteiger partial charge in [0.15, 0.2) is 4.77 Å². The van der Waals surface area contributed by atoms with E-state index in [0.29, 0.717) is 34.9 Å². The molecule has 1 aromatic heterocycles. The summed E-state index contributed by atoms with van der Waals surface area (Å²) < 4.78 is 1.93. The van der Waals surface area contributed by atoms with Gasteiger partial charge in [-0.25, -0.2) is 0 Å². The number of carbonyl (C=O) groups is 1. The van der Waals surface area contributed by atoms with E-state index in [1.54, 1.807) is 22.8 Å². The highest BCUT2D eigenvalue weighted by Crippen LogP contribution is 2.15. The SMILES string of the molecule is C[C@@H]1CCCCN1CCNC(=O)c1ccc(Cn2c(=S)[nH]c3ccccc3c2=O)cc1. The summed E-state index contributed by atoms with van der Waals surface area (Å²) in [4.78, 5) is 30.8. The molecule has 0 saturated carbocycles. The van der Waals surface area contributed by atoms with Gasteiger partial charge >= 0.3 is 0 Å². The Labute approximate surface area is 186 Å². The van der Waals surface area contributed by atoms with E-state index in [2.05, 4.69) is 22.1 Å². The van der Waals surface area contributed by atoms with Crippen LogP contribution in [0, 0.1) is 4.77 Å². The van der Waals surface area contributed by atoms with Gasteiger partial charge in [-0.3, -0.25) is 19.1 Å². The van der Waals surface area contributed by atoms with E-state index in [1.807, 2.05) is 30.3 Å². The first-order valence-electron chi connectivity index (χ1n) is 10.9. The minimum Gasteiger partial charge on any atom is -0.351 e. The van der Waals surface area contributed by atoms with Crippen LogP contribution in [0.25, 0.3) is 10.9 Å². The van der Waals surface area contributed by atoms with Crippen molar-refractivity contribution in [2.24, 2.45) is 0 Å². The van der Waals surface area contributed by atoms with Crippen LogP contribution in [-0.2, 0) is 6.54 Å². The average Bonchev–Trinajstić information content (AvgIpc) is 2.78. The van der Waals surface area contributed by atoms with E-state index in [0.717, 1.165) is 24.2 Å². The highest BCUT2D eigenvalue weighted by Gasteiger charge is 2.17. The van der Waals surface area contributed by atoms with Crippen LogP contribution in [0.1, 0.15) is 42.1 Å². The lowest BCUT2D eigenvalue weighted by atomic mass is 10.0. The van der Waals surface area contributed by atoms with Crippen molar-refractivity contribution in [2.45, 2.75) is 38.8 Å². The second kappa shape index (κ2) is 9.58. The summed E-state index contributed by atoms with van der Waals surface area (Å²) in [7, 11) is 0. The first kappa shape index (κ1) is 21.5. The fourth-order valence-electron chi connectivity index (χ4n) is 4.19. The van der Waals surface area contributed by atoms with E-state index in [1.165, 1.54) is 19.3 Å². The number of H-pyrrole nitrogens is 1. The average molecular weight is 437 g/mol. The topological polar surface area (TPSA) is 70.1 Å². The lowest BCUT2D eigenvalue weighted by Crippen LogP contribution is -2.42. The minimum atomic E-state index is -0.117. The zero-order chi connectivity index (χ0) is 21.8. The van der Waals surface area contributed by atoms with Gasteiger partial charge in [-0.05, 0) is 68.4 Å². The predicted octanol–water partition coefficient (Wildman–Crippen LogP) is 3.71. The molecule has 0 aliphatic carbocycles. The first-order chi connectivity index (χ1) is 15.0. The third-order valence-electron chi connectivity index (χ3n) is 6.07. The molecule has 1 aliphatic rings. The van der Waals surface area contributed by atoms with Crippen LogP contribution >= 0.6 is 12.2 Å². The second-order valence-electron chi connectivity index (χ2n) is 8.20. The maximum atomic E-state index is 12.8. The van der Waals surface area contributed by atoms with Crippen LogP contribution in [0.5, 0.6) is 0 Å². The highest BCUT2D eigenvalue weighted by atomic mass is 32.1. The number of piperidine rings is 1. The third-order valence-corrected chi connectivity index (χ3v) is 6.39. The Balaban J connectivity index is 1.39. The summed E-state index contributed by atoms with van der Waals surface area (Å²) >= 11 is 5.38. The number of benzene rings is 2. The standard InChI is InChI=1S/C24H28N4O2S/c1-17-6-4-5-14-27(17)15-13-25-22(29)19-11-9-18(10-12-19)16-28-23(30)20-7-2-3-8-21(20)26-24(28)31/h2-3,7-12,17H,4-6,13-16H2,1H3,(H,25,29)(H,26,31)/t17-/m1/s1. The summed E-state index contributed by atoms with van der Waals surface area (Å²) in [6, 6.07) is 15.3. The number of aromatic amines is 1. The molecule has 1 amide bonds. The summed E-state index contributed by atoms with van der Waals surface area (Å²) in [6.45, 7) is 5.25. The number of hydrogen-bond acceptors (Lipinski definition) is 4. The number of amides is 1. The number of fused-ring (bicyclic) bond motifs is 1. The molecule has 0 bridgehead atoms. The molecule has 4 rings (SSSR count). The maximum absolute atomic E-state index is 12.8. The quantitative estimate of drug-likeness (QED) is 0.578. The Bertz CT molecular complexity index is 1180. The molecule has 1 fully saturated rings. The van der Waals surface area contributed by atoms with Gasteiger partial charge < -0.3 is 10.3 Å². The van der Waals surface area contributed by atoms with Crippen molar-refractivity contribution < 1.29 is 4.79 Å². The number of nitrogens with one attached hydrogen (secondary N) is 2. The molecule has 1 saturated heterocycles. The van der Waals surface area contributed by atoms with E-state index >= 15 is 0 Å². The Morgan fingerprint density at radius 2 is 1.94 bits per heavy atom. The number of likely N-dealkylation sites (tertiary alicyclic amines) is 1. The van der Waals surface area contributed by atoms with Crippen molar-refractivity contribution in [2.75, 3.05) is 19.6 Å². The summed E-state index contributed by atoms with van der Waals surface area (Å²) in [5.41, 5.74) is 2.15. The predicted molar refractivity (Wildman–Crippen MR) is 126 cm³/mol. The monoisotopic (exact) mass is 436 g/mol. The lowest BCUT2D eigenvalue weighted by molar-refractivity contribution is 0.0938. The Morgan fingerprint density at radius 3 is 2.71 bits per heavy atom. The van der Waals surface area contributed by atoms with Gasteiger partial charge in [-0.2, -0.15) is 0 Å². The van der Waals surface area contributed by atoms with E-state index in [9.17, 15) is 9.59 Å². The molecule has 162 valence electrons. The van der Waals surface area contributed by atoms with Crippen LogP contribution in [0.15, 0.2) is 53.3 Å². The summed E-state index contributed by atoms with van der Waals surface area (Å²) in [5, 5.41) is 3.62. The smallest absolute Gasteiger partial charge is 0.262 e. The van der Waals surface area contributed by atoms with Crippen molar-refractivity contribution in [3.63, 3.8) is 0 Å². The van der Waals surface area contributed by atoms with Gasteiger partial charge in [-0.15, -0.1) is 0 Å². The van der Waals surface area contributed by atoms with Crippen molar-refractivity contribution in [3.8, 4) is 0 Å². The van der Waals surface area contributed by atoms with Crippen LogP contribution < -0.4 is 10.9 Å². The van der Waals surface area contributed by atoms with Crippen LogP contribution in [0.3, 0.4) is 0 Å². The van der Waals surface area contributed by atoms with Crippen LogP contribution in [0.4, 0.5) is 0 Å². The zero-order valence-corrected chi connectivity index (χ0v) is 18.6. The maximum Gasteiger partial charge on any atom is 0.262 e. The first-order valence-corrected chi connectivity index (χ1v) is 11.3. The molecule has 2 heterocycles. The van der Waals surface area contributed by atoms with Crippen molar-refractivity contribution >= 4 is 29.0 Å². The molecule has 6 nitrogen and oxygen atoms in total. The molecule has 1 atom stereocenters. The zero-order valence-electron chi connectivity index (χ0n) is 17.8. The van der Waals surface area contributed by atoms with Gasteiger partial charge in [0.25, 0.3) is 11.5 Å². The molecule has 3 aromatic rings. The molecule has 0 radical (unpaired) electrons. The van der Waals surface area contributed by atoms with Gasteiger partial charge in [0.2, 0.25) is 0 Å². The normalized spacial score (nSPS) is 17.0. The molecule has 2 aromatic carbocycles. The van der Waals surface area contributed by atoms with Crippen LogP contribution in [-0.4, -0.2) is 46.0 Å². The second-order valence-corrected chi connectivity index (χ2v) is 8.59. The number of aromatic nitrogens is 2. The fraction of sp³-hybridized carbons (Fsp3) is 0.375. The van der Waals surface area contributed by atoms with Crippen molar-refractivity contribution in [3.05, 3.63) is 74.8 Å². The molecular weight excluding hydrogens is 408 g/mol. The molecule has 31 heavy (non-hydrogen) atoms. The van der Waals surface area contributed by atoms with Crippen molar-refractivity contribution in [1.82, 2.24) is 19.8 Å². The van der Waals surface area contributed by atoms with Gasteiger partial charge in [0.05, 0.1) is 17.4 Å². The Hall–Kier alpha value is -2.77.